The van der Waals surface area contributed by atoms with Gasteiger partial charge in [-0.3, -0.25) is 9.19 Å². The van der Waals surface area contributed by atoms with Gasteiger partial charge in [0.2, 0.25) is 0 Å². The summed E-state index contributed by atoms with van der Waals surface area (Å²) in [5.74, 6) is 0.662. The molecule has 1 saturated heterocycles. The third kappa shape index (κ3) is 3.55. The van der Waals surface area contributed by atoms with Crippen LogP contribution in [0.25, 0.3) is 0 Å². The Balaban J connectivity index is 0.00000112. The number of rotatable bonds is 3. The van der Waals surface area contributed by atoms with Crippen LogP contribution in [-0.4, -0.2) is 27.5 Å². The van der Waals surface area contributed by atoms with Crippen molar-refractivity contribution in [3.05, 3.63) is 30.1 Å². The highest BCUT2D eigenvalue weighted by atomic mass is 35.5. The molecule has 1 fully saturated rings. The third-order valence-electron chi connectivity index (χ3n) is 2.45. The normalized spacial score (nSPS) is 22.0. The lowest BCUT2D eigenvalue weighted by Gasteiger charge is -2.07. The summed E-state index contributed by atoms with van der Waals surface area (Å²) in [6.07, 6.45) is 4.54. The number of hydrogen-bond acceptors (Lipinski definition) is 3. The van der Waals surface area contributed by atoms with Crippen molar-refractivity contribution in [1.82, 2.24) is 10.3 Å². The molecule has 3 nitrogen and oxygen atoms in total. The quantitative estimate of drug-likeness (QED) is 0.869. The highest BCUT2D eigenvalue weighted by Gasteiger charge is 2.20. The Hall–Kier alpha value is -0.450. The van der Waals surface area contributed by atoms with Crippen molar-refractivity contribution in [2.24, 2.45) is 0 Å². The van der Waals surface area contributed by atoms with Crippen LogP contribution in [-0.2, 0) is 16.6 Å². The lowest BCUT2D eigenvalue weighted by molar-refractivity contribution is 0.672. The minimum absolute atomic E-state index is 0. The molecule has 1 unspecified atom stereocenters. The fourth-order valence-electron chi connectivity index (χ4n) is 1.61. The van der Waals surface area contributed by atoms with Crippen LogP contribution in [0.15, 0.2) is 24.5 Å². The molecule has 5 heteroatoms. The topological polar surface area (TPSA) is 42.0 Å². The Morgan fingerprint density at radius 3 is 2.80 bits per heavy atom. The maximum Gasteiger partial charge on any atom is 0.0490 e. The third-order valence-corrected chi connectivity index (χ3v) is 4.21. The van der Waals surface area contributed by atoms with E-state index >= 15 is 0 Å². The molecule has 0 bridgehead atoms. The van der Waals surface area contributed by atoms with Crippen molar-refractivity contribution in [1.29, 1.82) is 0 Å². The molecule has 84 valence electrons. The molecule has 1 aromatic heterocycles. The second-order valence-corrected chi connectivity index (χ2v) is 5.21. The molecule has 1 aliphatic rings. The first-order valence-corrected chi connectivity index (χ1v) is 6.21. The molecular weight excluding hydrogens is 232 g/mol. The number of halogens is 1. The summed E-state index contributed by atoms with van der Waals surface area (Å²) in [4.78, 5) is 3.94. The number of pyridine rings is 1. The fraction of sp³-hybridized carbons (Fsp3) is 0.500. The van der Waals surface area contributed by atoms with Gasteiger partial charge in [-0.15, -0.1) is 12.4 Å². The molecule has 1 N–H and O–H groups in total. The molecule has 0 aromatic carbocycles. The van der Waals surface area contributed by atoms with Gasteiger partial charge >= 0.3 is 0 Å². The van der Waals surface area contributed by atoms with Crippen molar-refractivity contribution in [2.75, 3.05) is 13.1 Å². The molecule has 0 aliphatic carbocycles. The van der Waals surface area contributed by atoms with Crippen molar-refractivity contribution in [3.63, 3.8) is 0 Å². The summed E-state index contributed by atoms with van der Waals surface area (Å²) in [5.41, 5.74) is 1.12. The molecule has 2 heterocycles. The summed E-state index contributed by atoms with van der Waals surface area (Å²) >= 11 is 0. The Morgan fingerprint density at radius 2 is 2.20 bits per heavy atom. The van der Waals surface area contributed by atoms with Crippen molar-refractivity contribution < 1.29 is 4.21 Å². The van der Waals surface area contributed by atoms with Crippen molar-refractivity contribution >= 4 is 23.2 Å². The largest absolute Gasteiger partial charge is 0.315 e. The first-order chi connectivity index (χ1) is 6.86. The van der Waals surface area contributed by atoms with E-state index in [1.54, 1.807) is 12.4 Å². The smallest absolute Gasteiger partial charge is 0.0490 e. The number of hydrogen-bond donors (Lipinski definition) is 1. The molecule has 0 radical (unpaired) electrons. The average Bonchev–Trinajstić information content (AvgIpc) is 2.72. The van der Waals surface area contributed by atoms with Crippen LogP contribution in [0.4, 0.5) is 0 Å². The van der Waals surface area contributed by atoms with Gasteiger partial charge < -0.3 is 5.32 Å². The highest BCUT2D eigenvalue weighted by molar-refractivity contribution is 7.84. The molecule has 2 rings (SSSR count). The van der Waals surface area contributed by atoms with E-state index < -0.39 is 10.8 Å². The van der Waals surface area contributed by atoms with E-state index in [0.717, 1.165) is 25.1 Å². The zero-order valence-corrected chi connectivity index (χ0v) is 10.0. The van der Waals surface area contributed by atoms with Gasteiger partial charge in [-0.2, -0.15) is 0 Å². The van der Waals surface area contributed by atoms with Crippen molar-refractivity contribution in [2.45, 2.75) is 17.4 Å². The molecule has 1 aromatic rings. The molecule has 1 aliphatic heterocycles. The molecular formula is C10H15ClN2OS. The average molecular weight is 247 g/mol. The summed E-state index contributed by atoms with van der Waals surface area (Å²) in [6.45, 7) is 1.91. The summed E-state index contributed by atoms with van der Waals surface area (Å²) < 4.78 is 11.9. The van der Waals surface area contributed by atoms with E-state index in [9.17, 15) is 4.21 Å². The standard InChI is InChI=1S/C10H14N2OS.ClH/c13-14(10-3-6-12-7-10)8-9-1-4-11-5-2-9;/h1-2,4-5,10,12H,3,6-8H2;1H/t10-,14?;/m1./s1. The fourth-order valence-corrected chi connectivity index (χ4v) is 3.05. The number of nitrogens with one attached hydrogen (secondary N) is 1. The summed E-state index contributed by atoms with van der Waals surface area (Å²) in [7, 11) is -0.737. The lowest BCUT2D eigenvalue weighted by Crippen LogP contribution is -2.19. The molecule has 0 amide bonds. The lowest BCUT2D eigenvalue weighted by atomic mass is 10.3. The van der Waals surface area contributed by atoms with Gasteiger partial charge in [-0.25, -0.2) is 0 Å². The maximum absolute atomic E-state index is 11.9. The maximum atomic E-state index is 11.9. The van der Waals surface area contributed by atoms with E-state index in [1.807, 2.05) is 12.1 Å². The first kappa shape index (κ1) is 12.6. The molecule has 0 saturated carbocycles. The number of nitrogens with zero attached hydrogens (tertiary/aromatic N) is 1. The van der Waals surface area contributed by atoms with Crippen LogP contribution in [0.5, 0.6) is 0 Å². The van der Waals surface area contributed by atoms with Gasteiger partial charge in [0.05, 0.1) is 0 Å². The Bertz CT molecular complexity index is 314. The molecule has 2 atom stereocenters. The molecule has 15 heavy (non-hydrogen) atoms. The predicted molar refractivity (Wildman–Crippen MR) is 64.6 cm³/mol. The second kappa shape index (κ2) is 6.20. The monoisotopic (exact) mass is 246 g/mol. The van der Waals surface area contributed by atoms with Gasteiger partial charge in [-0.05, 0) is 30.7 Å². The Morgan fingerprint density at radius 1 is 1.47 bits per heavy atom. The van der Waals surface area contributed by atoms with Crippen LogP contribution in [0.2, 0.25) is 0 Å². The van der Waals surface area contributed by atoms with Gasteiger partial charge in [0.15, 0.2) is 0 Å². The SMILES string of the molecule is Cl.O=S(Cc1ccncc1)[C@@H]1CCNC1. The van der Waals surface area contributed by atoms with Crippen LogP contribution in [0, 0.1) is 0 Å². The van der Waals surface area contributed by atoms with Crippen LogP contribution in [0.1, 0.15) is 12.0 Å². The van der Waals surface area contributed by atoms with E-state index in [0.29, 0.717) is 11.0 Å². The minimum Gasteiger partial charge on any atom is -0.315 e. The van der Waals surface area contributed by atoms with E-state index in [1.165, 1.54) is 0 Å². The Kier molecular flexibility index (Phi) is 5.22. The first-order valence-electron chi connectivity index (χ1n) is 4.83. The van der Waals surface area contributed by atoms with E-state index in [4.69, 9.17) is 0 Å². The second-order valence-electron chi connectivity index (χ2n) is 3.50. The van der Waals surface area contributed by atoms with Crippen LogP contribution in [0.3, 0.4) is 0 Å². The van der Waals surface area contributed by atoms with E-state index in [2.05, 4.69) is 10.3 Å². The molecule has 0 spiro atoms. The summed E-state index contributed by atoms with van der Waals surface area (Å²) in [6, 6.07) is 3.86. The predicted octanol–water partition coefficient (Wildman–Crippen LogP) is 1.11. The van der Waals surface area contributed by atoms with Gasteiger partial charge in [0.25, 0.3) is 0 Å². The van der Waals surface area contributed by atoms with Gasteiger partial charge in [0.1, 0.15) is 0 Å². The highest BCUT2D eigenvalue weighted by Crippen LogP contribution is 2.11. The zero-order chi connectivity index (χ0) is 9.80. The van der Waals surface area contributed by atoms with Crippen LogP contribution < -0.4 is 5.32 Å². The van der Waals surface area contributed by atoms with Crippen LogP contribution >= 0.6 is 12.4 Å². The van der Waals surface area contributed by atoms with Gasteiger partial charge in [-0.1, -0.05) is 0 Å². The van der Waals surface area contributed by atoms with E-state index in [-0.39, 0.29) is 12.4 Å². The number of aromatic nitrogens is 1. The van der Waals surface area contributed by atoms with Gasteiger partial charge in [0, 0.05) is 40.7 Å². The zero-order valence-electron chi connectivity index (χ0n) is 8.39. The minimum atomic E-state index is -0.737. The summed E-state index contributed by atoms with van der Waals surface area (Å²) in [5, 5.41) is 3.57. The van der Waals surface area contributed by atoms with Crippen molar-refractivity contribution in [3.8, 4) is 0 Å². The Labute approximate surface area is 98.5 Å².